The Hall–Kier alpha value is -1.09. The summed E-state index contributed by atoms with van der Waals surface area (Å²) >= 11 is 0. The molecule has 0 aliphatic rings. The summed E-state index contributed by atoms with van der Waals surface area (Å²) in [6.07, 6.45) is 1.79. The number of nitrogens with one attached hydrogen (secondary N) is 1. The molecule has 0 spiro atoms. The van der Waals surface area contributed by atoms with E-state index in [0.717, 1.165) is 17.7 Å². The maximum atomic E-state index is 9.52. The molecule has 94 valence electrons. The Morgan fingerprint density at radius 2 is 1.69 bits per heavy atom. The van der Waals surface area contributed by atoms with Gasteiger partial charge in [-0.25, -0.2) is 0 Å². The Bertz CT molecular complexity index is 286. The summed E-state index contributed by atoms with van der Waals surface area (Å²) in [4.78, 5) is 4.07. The van der Waals surface area contributed by atoms with Gasteiger partial charge >= 0.3 is 0 Å². The predicted molar refractivity (Wildman–Crippen MR) is 70.8 cm³/mol. The largest absolute Gasteiger partial charge is 0.506 e. The monoisotopic (exact) mass is 226 g/mol. The molecule has 0 amide bonds. The second-order valence-corrected chi connectivity index (χ2v) is 2.87. The molecule has 3 nitrogen and oxygen atoms in total. The third kappa shape index (κ3) is 5.12. The molecular weight excluding hydrogens is 200 g/mol. The number of pyridine rings is 1. The normalized spacial score (nSPS) is 8.44. The van der Waals surface area contributed by atoms with Crippen molar-refractivity contribution in [3.63, 3.8) is 0 Å². The molecule has 0 bridgehead atoms. The van der Waals surface area contributed by atoms with Crippen LogP contribution in [0.5, 0.6) is 5.75 Å². The first-order chi connectivity index (χ1) is 7.66. The molecule has 1 aromatic heterocycles. The van der Waals surface area contributed by atoms with E-state index in [-0.39, 0.29) is 0 Å². The summed E-state index contributed by atoms with van der Waals surface area (Å²) in [6, 6.07) is 0. The fourth-order valence-corrected chi connectivity index (χ4v) is 1.12. The third-order valence-corrected chi connectivity index (χ3v) is 1.96. The van der Waals surface area contributed by atoms with Gasteiger partial charge in [0.1, 0.15) is 5.75 Å². The molecule has 0 saturated heterocycles. The van der Waals surface area contributed by atoms with E-state index in [0.29, 0.717) is 11.4 Å². The molecule has 3 heteroatoms. The first-order valence-electron chi connectivity index (χ1n) is 5.95. The summed E-state index contributed by atoms with van der Waals surface area (Å²) < 4.78 is 0. The van der Waals surface area contributed by atoms with Gasteiger partial charge in [-0.3, -0.25) is 4.98 Å². The van der Waals surface area contributed by atoms with Crippen LogP contribution < -0.4 is 5.32 Å². The lowest BCUT2D eigenvalue weighted by Gasteiger charge is -2.07. The molecule has 0 saturated carbocycles. The van der Waals surface area contributed by atoms with Gasteiger partial charge in [-0.1, -0.05) is 27.7 Å². The average Bonchev–Trinajstić information content (AvgIpc) is 2.35. The van der Waals surface area contributed by atoms with Crippen molar-refractivity contribution >= 4 is 0 Å². The maximum Gasteiger partial charge on any atom is 0.139 e. The maximum absolute atomic E-state index is 9.52. The number of hydrogen-bond acceptors (Lipinski definition) is 3. The van der Waals surface area contributed by atoms with E-state index in [1.807, 2.05) is 41.7 Å². The zero-order chi connectivity index (χ0) is 13.1. The first kappa shape index (κ1) is 17.3. The van der Waals surface area contributed by atoms with Gasteiger partial charge in [0.25, 0.3) is 0 Å². The average molecular weight is 226 g/mol. The summed E-state index contributed by atoms with van der Waals surface area (Å²) in [5, 5.41) is 12.5. The highest BCUT2D eigenvalue weighted by Crippen LogP contribution is 2.21. The van der Waals surface area contributed by atoms with Crippen molar-refractivity contribution < 1.29 is 5.11 Å². The lowest BCUT2D eigenvalue weighted by molar-refractivity contribution is 0.461. The predicted octanol–water partition coefficient (Wildman–Crippen LogP) is 3.18. The van der Waals surface area contributed by atoms with Gasteiger partial charge in [-0.15, -0.1) is 0 Å². The highest BCUT2D eigenvalue weighted by molar-refractivity contribution is 5.39. The zero-order valence-electron chi connectivity index (χ0n) is 11.7. The quantitative estimate of drug-likeness (QED) is 0.814. The van der Waals surface area contributed by atoms with E-state index < -0.39 is 0 Å². The number of aromatic nitrogens is 1. The Morgan fingerprint density at radius 1 is 1.19 bits per heavy atom. The minimum Gasteiger partial charge on any atom is -0.506 e. The van der Waals surface area contributed by atoms with Gasteiger partial charge in [0.2, 0.25) is 0 Å². The van der Waals surface area contributed by atoms with Crippen molar-refractivity contribution in [3.8, 4) is 5.75 Å². The van der Waals surface area contributed by atoms with Crippen molar-refractivity contribution in [2.45, 2.75) is 48.1 Å². The molecule has 1 heterocycles. The van der Waals surface area contributed by atoms with Crippen molar-refractivity contribution in [3.05, 3.63) is 23.0 Å². The molecule has 1 rings (SSSR count). The number of hydrogen-bond donors (Lipinski definition) is 2. The van der Waals surface area contributed by atoms with Crippen LogP contribution in [0, 0.1) is 13.8 Å². The lowest BCUT2D eigenvalue weighted by atomic mass is 10.1. The Balaban J connectivity index is 0. The SMILES string of the molecule is CC.CC.CNCc1cnc(C)c(O)c1C. The van der Waals surface area contributed by atoms with Crippen molar-refractivity contribution in [1.29, 1.82) is 0 Å². The van der Waals surface area contributed by atoms with Crippen LogP contribution in [-0.4, -0.2) is 17.1 Å². The van der Waals surface area contributed by atoms with Gasteiger partial charge in [0.15, 0.2) is 0 Å². The number of aryl methyl sites for hydroxylation is 1. The van der Waals surface area contributed by atoms with Crippen LogP contribution in [0.25, 0.3) is 0 Å². The highest BCUT2D eigenvalue weighted by Gasteiger charge is 2.05. The van der Waals surface area contributed by atoms with Crippen LogP contribution in [0.2, 0.25) is 0 Å². The molecule has 2 N–H and O–H groups in total. The molecule has 16 heavy (non-hydrogen) atoms. The number of nitrogens with zero attached hydrogens (tertiary/aromatic N) is 1. The number of aromatic hydroxyl groups is 1. The van der Waals surface area contributed by atoms with E-state index in [1.54, 1.807) is 13.1 Å². The van der Waals surface area contributed by atoms with Crippen LogP contribution >= 0.6 is 0 Å². The Morgan fingerprint density at radius 3 is 2.12 bits per heavy atom. The smallest absolute Gasteiger partial charge is 0.139 e. The Labute approximate surface area is 99.9 Å². The molecule has 0 radical (unpaired) electrons. The molecule has 0 aliphatic heterocycles. The van der Waals surface area contributed by atoms with Gasteiger partial charge in [-0.05, 0) is 32.0 Å². The van der Waals surface area contributed by atoms with Crippen LogP contribution in [0.4, 0.5) is 0 Å². The van der Waals surface area contributed by atoms with Crippen molar-refractivity contribution in [2.24, 2.45) is 0 Å². The van der Waals surface area contributed by atoms with Gasteiger partial charge in [0, 0.05) is 12.7 Å². The fraction of sp³-hybridized carbons (Fsp3) is 0.615. The number of rotatable bonds is 2. The third-order valence-electron chi connectivity index (χ3n) is 1.96. The second-order valence-electron chi connectivity index (χ2n) is 2.87. The van der Waals surface area contributed by atoms with E-state index in [1.165, 1.54) is 0 Å². The van der Waals surface area contributed by atoms with E-state index in [9.17, 15) is 5.11 Å². The molecule has 1 aromatic rings. The summed E-state index contributed by atoms with van der Waals surface area (Å²) in [6.45, 7) is 12.4. The molecule has 0 aliphatic carbocycles. The van der Waals surface area contributed by atoms with E-state index in [4.69, 9.17) is 0 Å². The van der Waals surface area contributed by atoms with Gasteiger partial charge in [0.05, 0.1) is 5.69 Å². The van der Waals surface area contributed by atoms with Crippen LogP contribution in [-0.2, 0) is 6.54 Å². The Kier molecular flexibility index (Phi) is 11.3. The van der Waals surface area contributed by atoms with E-state index in [2.05, 4.69) is 10.3 Å². The fourth-order valence-electron chi connectivity index (χ4n) is 1.12. The molecule has 0 fully saturated rings. The van der Waals surface area contributed by atoms with Crippen molar-refractivity contribution in [1.82, 2.24) is 10.3 Å². The zero-order valence-corrected chi connectivity index (χ0v) is 11.7. The molecular formula is C13H26N2O. The molecule has 0 aromatic carbocycles. The van der Waals surface area contributed by atoms with Crippen molar-refractivity contribution in [2.75, 3.05) is 7.05 Å². The van der Waals surface area contributed by atoms with Gasteiger partial charge < -0.3 is 10.4 Å². The lowest BCUT2D eigenvalue weighted by Crippen LogP contribution is -2.07. The second kappa shape index (κ2) is 10.4. The topological polar surface area (TPSA) is 45.2 Å². The summed E-state index contributed by atoms with van der Waals surface area (Å²) in [7, 11) is 1.87. The van der Waals surface area contributed by atoms with Crippen LogP contribution in [0.1, 0.15) is 44.5 Å². The van der Waals surface area contributed by atoms with Crippen LogP contribution in [0.15, 0.2) is 6.20 Å². The molecule has 0 unspecified atom stereocenters. The molecule has 0 atom stereocenters. The standard InChI is InChI=1S/C9H14N2O.2C2H6/c1-6-8(4-10-3)5-11-7(2)9(6)12;2*1-2/h5,10,12H,4H2,1-3H3;2*1-2H3. The van der Waals surface area contributed by atoms with E-state index >= 15 is 0 Å². The van der Waals surface area contributed by atoms with Crippen LogP contribution in [0.3, 0.4) is 0 Å². The minimum atomic E-state index is 0.308. The summed E-state index contributed by atoms with van der Waals surface area (Å²) in [5.41, 5.74) is 2.64. The minimum absolute atomic E-state index is 0.308. The summed E-state index contributed by atoms with van der Waals surface area (Å²) in [5.74, 6) is 0.308. The first-order valence-corrected chi connectivity index (χ1v) is 5.95. The highest BCUT2D eigenvalue weighted by atomic mass is 16.3. The van der Waals surface area contributed by atoms with Gasteiger partial charge in [-0.2, -0.15) is 0 Å².